The molecule has 2 N–H and O–H groups in total. The highest BCUT2D eigenvalue weighted by molar-refractivity contribution is 5.79. The van der Waals surface area contributed by atoms with Gasteiger partial charge in [0.2, 0.25) is 0 Å². The van der Waals surface area contributed by atoms with E-state index >= 15 is 0 Å². The average molecular weight is 240 g/mol. The number of aliphatic carboxylic acids is 1. The number of carbonyl (C=O) groups is 1. The highest BCUT2D eigenvalue weighted by Crippen LogP contribution is 2.29. The fourth-order valence-corrected chi connectivity index (χ4v) is 3.08. The van der Waals surface area contributed by atoms with E-state index in [-0.39, 0.29) is 0 Å². The van der Waals surface area contributed by atoms with Gasteiger partial charge in [0.25, 0.3) is 0 Å². The molecule has 0 aromatic rings. The zero-order valence-electron chi connectivity index (χ0n) is 10.6. The molecule has 1 aliphatic heterocycles. The molecule has 1 saturated heterocycles. The predicted octanol–water partition coefficient (Wildman–Crippen LogP) is 1.46. The minimum absolute atomic E-state index is 0.615. The molecule has 2 rings (SSSR count). The Balaban J connectivity index is 1.74. The third-order valence-corrected chi connectivity index (χ3v) is 4.21. The van der Waals surface area contributed by atoms with E-state index in [1.54, 1.807) is 0 Å². The van der Waals surface area contributed by atoms with Crippen molar-refractivity contribution in [1.29, 1.82) is 0 Å². The average Bonchev–Trinajstić information content (AvgIpc) is 2.80. The van der Waals surface area contributed by atoms with Gasteiger partial charge in [-0.25, -0.2) is 0 Å². The second kappa shape index (κ2) is 5.83. The molecule has 0 aromatic carbocycles. The molecule has 2 aliphatic rings. The van der Waals surface area contributed by atoms with Crippen LogP contribution in [-0.2, 0) is 4.79 Å². The lowest BCUT2D eigenvalue weighted by Gasteiger charge is -2.30. The van der Waals surface area contributed by atoms with Crippen molar-refractivity contribution in [3.05, 3.63) is 0 Å². The minimum atomic E-state index is -0.659. The van der Waals surface area contributed by atoms with Crippen molar-refractivity contribution in [2.75, 3.05) is 26.2 Å². The van der Waals surface area contributed by atoms with Gasteiger partial charge in [0.15, 0.2) is 0 Å². The van der Waals surface area contributed by atoms with Crippen LogP contribution in [0, 0.1) is 0 Å². The van der Waals surface area contributed by atoms with Crippen molar-refractivity contribution < 1.29 is 9.90 Å². The first-order valence-electron chi connectivity index (χ1n) is 6.94. The Morgan fingerprint density at radius 2 is 1.76 bits per heavy atom. The highest BCUT2D eigenvalue weighted by Gasteiger charge is 2.40. The van der Waals surface area contributed by atoms with Gasteiger partial charge in [-0.3, -0.25) is 4.79 Å². The molecule has 1 saturated carbocycles. The van der Waals surface area contributed by atoms with Crippen LogP contribution >= 0.6 is 0 Å². The Bertz CT molecular complexity index is 256. The third-order valence-electron chi connectivity index (χ3n) is 4.21. The number of carboxylic acid groups (broad SMARTS) is 1. The summed E-state index contributed by atoms with van der Waals surface area (Å²) in [4.78, 5) is 13.8. The van der Waals surface area contributed by atoms with Crippen LogP contribution in [0.5, 0.6) is 0 Å². The van der Waals surface area contributed by atoms with Crippen LogP contribution in [0.1, 0.15) is 44.9 Å². The number of hydrogen-bond donors (Lipinski definition) is 2. The lowest BCUT2D eigenvalue weighted by molar-refractivity contribution is -0.144. The van der Waals surface area contributed by atoms with Crippen LogP contribution < -0.4 is 5.32 Å². The van der Waals surface area contributed by atoms with Crippen LogP contribution in [0.2, 0.25) is 0 Å². The second-order valence-electron chi connectivity index (χ2n) is 5.42. The summed E-state index contributed by atoms with van der Waals surface area (Å²) < 4.78 is 0. The molecule has 4 heteroatoms. The first-order chi connectivity index (χ1) is 8.23. The molecule has 0 aromatic heterocycles. The van der Waals surface area contributed by atoms with Gasteiger partial charge in [-0.05, 0) is 38.8 Å². The first kappa shape index (κ1) is 12.8. The van der Waals surface area contributed by atoms with Crippen molar-refractivity contribution in [3.63, 3.8) is 0 Å². The summed E-state index contributed by atoms with van der Waals surface area (Å²) in [6, 6.07) is 0. The summed E-state index contributed by atoms with van der Waals surface area (Å²) in [6.45, 7) is 4.17. The molecule has 0 unspecified atom stereocenters. The molecular weight excluding hydrogens is 216 g/mol. The zero-order valence-corrected chi connectivity index (χ0v) is 10.6. The number of likely N-dealkylation sites (tertiary alicyclic amines) is 1. The van der Waals surface area contributed by atoms with Gasteiger partial charge in [-0.15, -0.1) is 0 Å². The molecule has 0 bridgehead atoms. The molecule has 0 atom stereocenters. The lowest BCUT2D eigenvalue weighted by atomic mass is 9.98. The molecule has 1 aliphatic carbocycles. The fraction of sp³-hybridized carbons (Fsp3) is 0.923. The molecule has 1 heterocycles. The van der Waals surface area contributed by atoms with Crippen molar-refractivity contribution in [2.45, 2.75) is 50.5 Å². The Morgan fingerprint density at radius 1 is 1.12 bits per heavy atom. The van der Waals surface area contributed by atoms with Crippen LogP contribution in [0.4, 0.5) is 0 Å². The summed E-state index contributed by atoms with van der Waals surface area (Å²) in [5.41, 5.74) is -0.615. The van der Waals surface area contributed by atoms with Crippen molar-refractivity contribution in [3.8, 4) is 0 Å². The minimum Gasteiger partial charge on any atom is -0.480 e. The predicted molar refractivity (Wildman–Crippen MR) is 67.1 cm³/mol. The fourth-order valence-electron chi connectivity index (χ4n) is 3.08. The van der Waals surface area contributed by atoms with E-state index in [1.165, 1.54) is 32.4 Å². The molecular formula is C13H24N2O2. The van der Waals surface area contributed by atoms with E-state index in [4.69, 9.17) is 0 Å². The highest BCUT2D eigenvalue weighted by atomic mass is 16.4. The van der Waals surface area contributed by atoms with Crippen LogP contribution in [-0.4, -0.2) is 47.7 Å². The summed E-state index contributed by atoms with van der Waals surface area (Å²) in [5.74, 6) is -0.659. The molecule has 17 heavy (non-hydrogen) atoms. The Hall–Kier alpha value is -0.610. The molecule has 98 valence electrons. The number of piperidine rings is 1. The number of nitrogens with one attached hydrogen (secondary N) is 1. The topological polar surface area (TPSA) is 52.6 Å². The van der Waals surface area contributed by atoms with Crippen molar-refractivity contribution in [1.82, 2.24) is 10.2 Å². The summed E-state index contributed by atoms with van der Waals surface area (Å²) in [5, 5.41) is 12.6. The van der Waals surface area contributed by atoms with Crippen LogP contribution in [0.3, 0.4) is 0 Å². The van der Waals surface area contributed by atoms with Crippen molar-refractivity contribution >= 4 is 5.97 Å². The number of nitrogens with zero attached hydrogens (tertiary/aromatic N) is 1. The Labute approximate surface area is 103 Å². The Kier molecular flexibility index (Phi) is 4.40. The maximum absolute atomic E-state index is 11.3. The normalized spacial score (nSPS) is 24.9. The Morgan fingerprint density at radius 3 is 2.35 bits per heavy atom. The van der Waals surface area contributed by atoms with E-state index in [1.807, 2.05) is 0 Å². The van der Waals surface area contributed by atoms with Crippen LogP contribution in [0.15, 0.2) is 0 Å². The lowest BCUT2D eigenvalue weighted by Crippen LogP contribution is -2.52. The number of hydrogen-bond acceptors (Lipinski definition) is 3. The van der Waals surface area contributed by atoms with Gasteiger partial charge in [-0.1, -0.05) is 19.3 Å². The van der Waals surface area contributed by atoms with Gasteiger partial charge in [0, 0.05) is 13.1 Å². The molecule has 0 amide bonds. The monoisotopic (exact) mass is 240 g/mol. The van der Waals surface area contributed by atoms with E-state index in [2.05, 4.69) is 10.2 Å². The van der Waals surface area contributed by atoms with Crippen molar-refractivity contribution in [2.24, 2.45) is 0 Å². The zero-order chi connectivity index (χ0) is 12.1. The maximum atomic E-state index is 11.3. The molecule has 4 nitrogen and oxygen atoms in total. The van der Waals surface area contributed by atoms with E-state index in [9.17, 15) is 9.90 Å². The summed E-state index contributed by atoms with van der Waals surface area (Å²) in [7, 11) is 0. The summed E-state index contributed by atoms with van der Waals surface area (Å²) in [6.07, 6.45) is 7.62. The standard InChI is InChI=1S/C13H24N2O2/c16-12(17)13(6-2-3-7-13)14-8-11-15-9-4-1-5-10-15/h14H,1-11H2,(H,16,17). The summed E-state index contributed by atoms with van der Waals surface area (Å²) >= 11 is 0. The van der Waals surface area contributed by atoms with E-state index < -0.39 is 11.5 Å². The van der Waals surface area contributed by atoms with Gasteiger partial charge in [0.1, 0.15) is 5.54 Å². The smallest absolute Gasteiger partial charge is 0.323 e. The first-order valence-corrected chi connectivity index (χ1v) is 6.94. The second-order valence-corrected chi connectivity index (χ2v) is 5.42. The van der Waals surface area contributed by atoms with Gasteiger partial charge in [0.05, 0.1) is 0 Å². The number of rotatable bonds is 5. The van der Waals surface area contributed by atoms with Gasteiger partial charge < -0.3 is 15.3 Å². The molecule has 0 radical (unpaired) electrons. The quantitative estimate of drug-likeness (QED) is 0.764. The SMILES string of the molecule is O=C(O)C1(NCCN2CCCCC2)CCCC1. The van der Waals surface area contributed by atoms with E-state index in [0.717, 1.165) is 38.8 Å². The van der Waals surface area contributed by atoms with Gasteiger partial charge >= 0.3 is 5.97 Å². The molecule has 0 spiro atoms. The third kappa shape index (κ3) is 3.19. The largest absolute Gasteiger partial charge is 0.480 e. The van der Waals surface area contributed by atoms with E-state index in [0.29, 0.717) is 0 Å². The van der Waals surface area contributed by atoms with Gasteiger partial charge in [-0.2, -0.15) is 0 Å². The van der Waals surface area contributed by atoms with Crippen LogP contribution in [0.25, 0.3) is 0 Å². The number of carboxylic acids is 1. The molecule has 2 fully saturated rings. The maximum Gasteiger partial charge on any atom is 0.323 e.